The van der Waals surface area contributed by atoms with Crippen LogP contribution >= 0.6 is 11.6 Å². The Kier molecular flexibility index (Phi) is 9.44. The van der Waals surface area contributed by atoms with E-state index in [2.05, 4.69) is 5.32 Å². The van der Waals surface area contributed by atoms with Crippen LogP contribution < -0.4 is 14.8 Å². The van der Waals surface area contributed by atoms with E-state index in [1.807, 2.05) is 67.6 Å². The molecule has 1 heterocycles. The topological polar surface area (TPSA) is 67.9 Å². The van der Waals surface area contributed by atoms with Crippen molar-refractivity contribution in [2.75, 3.05) is 19.8 Å². The van der Waals surface area contributed by atoms with Crippen molar-refractivity contribution in [1.29, 1.82) is 0 Å². The molecular weight excluding hydrogens is 488 g/mol. The standard InChI is InChI=1S/C30H33ClN2O4/c1-2-16-32-30(35)26(19-22-6-4-3-5-7-22)33(21-24-8-12-25(31)13-9-24)29(34)15-11-23-10-14-27-28(20-23)37-18-17-36-27/h3-10,12-14,20,26H,2,11,15-19,21H2,1H3,(H,32,35)/t26-/m1/s1. The molecule has 0 aliphatic carbocycles. The predicted octanol–water partition coefficient (Wildman–Crippen LogP) is 5.21. The van der Waals surface area contributed by atoms with Crippen molar-refractivity contribution in [3.8, 4) is 11.5 Å². The van der Waals surface area contributed by atoms with Crippen LogP contribution in [-0.2, 0) is 29.0 Å². The molecule has 37 heavy (non-hydrogen) atoms. The van der Waals surface area contributed by atoms with Gasteiger partial charge in [0.15, 0.2) is 11.5 Å². The highest BCUT2D eigenvalue weighted by molar-refractivity contribution is 6.30. The monoisotopic (exact) mass is 520 g/mol. The third kappa shape index (κ3) is 7.49. The number of carbonyl (C=O) groups excluding carboxylic acids is 2. The largest absolute Gasteiger partial charge is 0.486 e. The Hall–Kier alpha value is -3.51. The average Bonchev–Trinajstić information content (AvgIpc) is 2.93. The van der Waals surface area contributed by atoms with Gasteiger partial charge in [0.25, 0.3) is 0 Å². The fourth-order valence-corrected chi connectivity index (χ4v) is 4.47. The van der Waals surface area contributed by atoms with Gasteiger partial charge >= 0.3 is 0 Å². The molecule has 1 N–H and O–H groups in total. The van der Waals surface area contributed by atoms with Crippen LogP contribution in [0, 0.1) is 0 Å². The SMILES string of the molecule is CCCNC(=O)[C@@H](Cc1ccccc1)N(Cc1ccc(Cl)cc1)C(=O)CCc1ccc2c(c1)OCCO2. The first kappa shape index (κ1) is 26.6. The van der Waals surface area contributed by atoms with E-state index in [9.17, 15) is 9.59 Å². The third-order valence-electron chi connectivity index (χ3n) is 6.32. The Bertz CT molecular complexity index is 1180. The van der Waals surface area contributed by atoms with Crippen molar-refractivity contribution < 1.29 is 19.1 Å². The maximum atomic E-state index is 13.8. The van der Waals surface area contributed by atoms with Gasteiger partial charge in [-0.2, -0.15) is 0 Å². The quantitative estimate of drug-likeness (QED) is 0.377. The van der Waals surface area contributed by atoms with Gasteiger partial charge in [0.2, 0.25) is 11.8 Å². The molecule has 0 bridgehead atoms. The molecule has 6 nitrogen and oxygen atoms in total. The van der Waals surface area contributed by atoms with Gasteiger partial charge in [-0.1, -0.05) is 67.1 Å². The second kappa shape index (κ2) is 13.2. The Morgan fingerprint density at radius 3 is 2.35 bits per heavy atom. The van der Waals surface area contributed by atoms with E-state index in [-0.39, 0.29) is 18.2 Å². The summed E-state index contributed by atoms with van der Waals surface area (Å²) >= 11 is 6.09. The lowest BCUT2D eigenvalue weighted by Crippen LogP contribution is -2.50. The lowest BCUT2D eigenvalue weighted by molar-refractivity contribution is -0.141. The minimum absolute atomic E-state index is 0.0857. The van der Waals surface area contributed by atoms with Crippen LogP contribution in [-0.4, -0.2) is 42.5 Å². The molecule has 0 unspecified atom stereocenters. The molecule has 0 aromatic heterocycles. The summed E-state index contributed by atoms with van der Waals surface area (Å²) in [5.41, 5.74) is 2.90. The Morgan fingerprint density at radius 2 is 1.62 bits per heavy atom. The van der Waals surface area contributed by atoms with Gasteiger partial charge in [0, 0.05) is 31.0 Å². The van der Waals surface area contributed by atoms with Crippen molar-refractivity contribution in [2.24, 2.45) is 0 Å². The molecule has 0 radical (unpaired) electrons. The number of nitrogens with one attached hydrogen (secondary N) is 1. The van der Waals surface area contributed by atoms with Crippen molar-refractivity contribution in [1.82, 2.24) is 10.2 Å². The second-order valence-corrected chi connectivity index (χ2v) is 9.56. The summed E-state index contributed by atoms with van der Waals surface area (Å²) in [4.78, 5) is 28.8. The zero-order valence-corrected chi connectivity index (χ0v) is 21.9. The number of rotatable bonds is 11. The Morgan fingerprint density at radius 1 is 0.919 bits per heavy atom. The van der Waals surface area contributed by atoms with Crippen LogP contribution in [0.25, 0.3) is 0 Å². The first-order valence-corrected chi connectivity index (χ1v) is 13.2. The maximum Gasteiger partial charge on any atom is 0.243 e. The zero-order chi connectivity index (χ0) is 26.0. The second-order valence-electron chi connectivity index (χ2n) is 9.12. The number of hydrogen-bond donors (Lipinski definition) is 1. The summed E-state index contributed by atoms with van der Waals surface area (Å²) in [7, 11) is 0. The van der Waals surface area contributed by atoms with E-state index >= 15 is 0 Å². The summed E-state index contributed by atoms with van der Waals surface area (Å²) < 4.78 is 11.3. The lowest BCUT2D eigenvalue weighted by atomic mass is 10.0. The van der Waals surface area contributed by atoms with E-state index in [0.717, 1.165) is 28.9 Å². The average molecular weight is 521 g/mol. The fraction of sp³-hybridized carbons (Fsp3) is 0.333. The molecule has 1 aliphatic heterocycles. The number of amides is 2. The highest BCUT2D eigenvalue weighted by Gasteiger charge is 2.30. The van der Waals surface area contributed by atoms with Crippen LogP contribution in [0.2, 0.25) is 5.02 Å². The molecule has 194 valence electrons. The first-order valence-electron chi connectivity index (χ1n) is 12.8. The van der Waals surface area contributed by atoms with Crippen molar-refractivity contribution >= 4 is 23.4 Å². The third-order valence-corrected chi connectivity index (χ3v) is 6.57. The van der Waals surface area contributed by atoms with Crippen LogP contribution in [0.3, 0.4) is 0 Å². The molecule has 1 atom stereocenters. The van der Waals surface area contributed by atoms with Gasteiger partial charge in [-0.15, -0.1) is 0 Å². The molecule has 3 aromatic carbocycles. The van der Waals surface area contributed by atoms with Gasteiger partial charge in [0.1, 0.15) is 19.3 Å². The molecule has 1 aliphatic rings. The van der Waals surface area contributed by atoms with Crippen LogP contribution in [0.4, 0.5) is 0 Å². The zero-order valence-electron chi connectivity index (χ0n) is 21.1. The van der Waals surface area contributed by atoms with E-state index in [4.69, 9.17) is 21.1 Å². The van der Waals surface area contributed by atoms with Gasteiger partial charge in [0.05, 0.1) is 0 Å². The fourth-order valence-electron chi connectivity index (χ4n) is 4.34. The van der Waals surface area contributed by atoms with Crippen LogP contribution in [0.15, 0.2) is 72.8 Å². The number of carbonyl (C=O) groups is 2. The number of benzene rings is 3. The smallest absolute Gasteiger partial charge is 0.243 e. The van der Waals surface area contributed by atoms with Crippen LogP contribution in [0.5, 0.6) is 11.5 Å². The minimum atomic E-state index is -0.641. The number of hydrogen-bond acceptors (Lipinski definition) is 4. The Labute approximate surface area is 223 Å². The van der Waals surface area contributed by atoms with Gasteiger partial charge < -0.3 is 19.7 Å². The van der Waals surface area contributed by atoms with E-state index in [1.165, 1.54) is 0 Å². The van der Waals surface area contributed by atoms with Gasteiger partial charge in [-0.25, -0.2) is 0 Å². The molecule has 4 rings (SSSR count). The molecule has 0 fully saturated rings. The summed E-state index contributed by atoms with van der Waals surface area (Å²) in [6.07, 6.45) is 2.04. The predicted molar refractivity (Wildman–Crippen MR) is 145 cm³/mol. The van der Waals surface area contributed by atoms with E-state index in [0.29, 0.717) is 49.9 Å². The number of ether oxygens (including phenoxy) is 2. The number of aryl methyl sites for hydroxylation is 1. The first-order chi connectivity index (χ1) is 18.0. The molecule has 3 aromatic rings. The number of nitrogens with zero attached hydrogens (tertiary/aromatic N) is 1. The molecule has 0 saturated heterocycles. The summed E-state index contributed by atoms with van der Waals surface area (Å²) in [6.45, 7) is 3.93. The van der Waals surface area contributed by atoms with E-state index in [1.54, 1.807) is 17.0 Å². The van der Waals surface area contributed by atoms with E-state index < -0.39 is 6.04 Å². The highest BCUT2D eigenvalue weighted by Crippen LogP contribution is 2.31. The summed E-state index contributed by atoms with van der Waals surface area (Å²) in [5, 5.41) is 3.63. The molecule has 7 heteroatoms. The minimum Gasteiger partial charge on any atom is -0.486 e. The van der Waals surface area contributed by atoms with Crippen molar-refractivity contribution in [2.45, 2.75) is 45.2 Å². The molecular formula is C30H33ClN2O4. The molecule has 0 saturated carbocycles. The maximum absolute atomic E-state index is 13.8. The molecule has 2 amide bonds. The Balaban J connectivity index is 1.57. The number of fused-ring (bicyclic) bond motifs is 1. The van der Waals surface area contributed by atoms with Crippen molar-refractivity contribution in [3.05, 3.63) is 94.5 Å². The normalized spacial score (nSPS) is 13.0. The molecule has 0 spiro atoms. The highest BCUT2D eigenvalue weighted by atomic mass is 35.5. The van der Waals surface area contributed by atoms with Gasteiger partial charge in [-0.05, 0) is 53.8 Å². The van der Waals surface area contributed by atoms with Gasteiger partial charge in [-0.3, -0.25) is 9.59 Å². The van der Waals surface area contributed by atoms with Crippen molar-refractivity contribution in [3.63, 3.8) is 0 Å². The lowest BCUT2D eigenvalue weighted by Gasteiger charge is -2.31. The summed E-state index contributed by atoms with van der Waals surface area (Å²) in [6, 6.07) is 22.3. The van der Waals surface area contributed by atoms with Crippen LogP contribution in [0.1, 0.15) is 36.5 Å². The summed E-state index contributed by atoms with van der Waals surface area (Å²) in [5.74, 6) is 1.20. The number of halogens is 1.